The minimum Gasteiger partial charge on any atom is -0.466 e. The largest absolute Gasteiger partial charge is 0.466 e. The number of hydrogen-bond donors (Lipinski definition) is 1. The summed E-state index contributed by atoms with van der Waals surface area (Å²) >= 11 is 0. The van der Waals surface area contributed by atoms with Crippen molar-refractivity contribution in [2.75, 3.05) is 13.2 Å². The van der Waals surface area contributed by atoms with Crippen LogP contribution >= 0.6 is 0 Å². The zero-order valence-corrected chi connectivity index (χ0v) is 10.3. The lowest BCUT2D eigenvalue weighted by molar-refractivity contribution is -0.147. The second kappa shape index (κ2) is 5.17. The van der Waals surface area contributed by atoms with Crippen molar-refractivity contribution in [3.8, 4) is 0 Å². The molecule has 16 heavy (non-hydrogen) atoms. The maximum Gasteiger partial charge on any atom is 0.306 e. The molecule has 0 aromatic heterocycles. The second-order valence-corrected chi connectivity index (χ2v) is 5.20. The molecule has 0 aromatic rings. The number of carbonyl (C=O) groups is 1. The molecule has 92 valence electrons. The molecule has 3 heteroatoms. The highest BCUT2D eigenvalue weighted by atomic mass is 16.5. The van der Waals surface area contributed by atoms with E-state index in [9.17, 15) is 4.79 Å². The first-order chi connectivity index (χ1) is 7.77. The standard InChI is InChI=1S/C13H23NO2/c1-2-16-12(15)10-13-7-4-3-6-11(13)14-9-5-8-13/h11,14H,2-10H2,1H3/t11-,13-/m1/s1. The third-order valence-corrected chi connectivity index (χ3v) is 4.20. The summed E-state index contributed by atoms with van der Waals surface area (Å²) in [4.78, 5) is 11.7. The maximum atomic E-state index is 11.7. The van der Waals surface area contributed by atoms with Gasteiger partial charge in [-0.1, -0.05) is 12.8 Å². The molecule has 1 N–H and O–H groups in total. The van der Waals surface area contributed by atoms with Gasteiger partial charge < -0.3 is 10.1 Å². The molecule has 0 amide bonds. The van der Waals surface area contributed by atoms with Crippen molar-refractivity contribution in [1.29, 1.82) is 0 Å². The van der Waals surface area contributed by atoms with Crippen LogP contribution in [0.3, 0.4) is 0 Å². The van der Waals surface area contributed by atoms with Gasteiger partial charge in [0.25, 0.3) is 0 Å². The quantitative estimate of drug-likeness (QED) is 0.749. The molecule has 1 aliphatic carbocycles. The molecule has 3 nitrogen and oxygen atoms in total. The molecule has 2 atom stereocenters. The van der Waals surface area contributed by atoms with E-state index in [0.29, 0.717) is 19.1 Å². The van der Waals surface area contributed by atoms with Crippen LogP contribution in [0.1, 0.15) is 51.9 Å². The van der Waals surface area contributed by atoms with Crippen LogP contribution in [0, 0.1) is 5.41 Å². The second-order valence-electron chi connectivity index (χ2n) is 5.20. The van der Waals surface area contributed by atoms with Crippen molar-refractivity contribution in [1.82, 2.24) is 5.32 Å². The summed E-state index contributed by atoms with van der Waals surface area (Å²) in [7, 11) is 0. The number of carbonyl (C=O) groups excluding carboxylic acids is 1. The lowest BCUT2D eigenvalue weighted by Gasteiger charge is -2.47. The van der Waals surface area contributed by atoms with E-state index in [2.05, 4.69) is 5.32 Å². The first-order valence-electron chi connectivity index (χ1n) is 6.66. The van der Waals surface area contributed by atoms with Gasteiger partial charge in [0.1, 0.15) is 0 Å². The Kier molecular flexibility index (Phi) is 3.85. The SMILES string of the molecule is CCOC(=O)C[C@]12CCCC[C@H]1NCCC2. The molecule has 0 bridgehead atoms. The molecule has 0 unspecified atom stereocenters. The first kappa shape index (κ1) is 11.9. The Morgan fingerprint density at radius 2 is 2.19 bits per heavy atom. The minimum atomic E-state index is -0.00176. The maximum absolute atomic E-state index is 11.7. The lowest BCUT2D eigenvalue weighted by Crippen LogP contribution is -2.52. The first-order valence-corrected chi connectivity index (χ1v) is 6.66. The molecule has 1 heterocycles. The van der Waals surface area contributed by atoms with Gasteiger partial charge in [0, 0.05) is 6.04 Å². The molecule has 1 saturated heterocycles. The van der Waals surface area contributed by atoms with Crippen molar-refractivity contribution < 1.29 is 9.53 Å². The van der Waals surface area contributed by atoms with Crippen molar-refractivity contribution >= 4 is 5.97 Å². The molecule has 1 aliphatic heterocycles. The van der Waals surface area contributed by atoms with Crippen LogP contribution in [-0.4, -0.2) is 25.2 Å². The zero-order chi connectivity index (χ0) is 11.4. The summed E-state index contributed by atoms with van der Waals surface area (Å²) in [6.07, 6.45) is 8.04. The third kappa shape index (κ3) is 2.40. The van der Waals surface area contributed by atoms with E-state index in [1.165, 1.54) is 38.5 Å². The van der Waals surface area contributed by atoms with Gasteiger partial charge in [0.2, 0.25) is 0 Å². The van der Waals surface area contributed by atoms with E-state index >= 15 is 0 Å². The number of rotatable bonds is 3. The van der Waals surface area contributed by atoms with Crippen LogP contribution in [0.4, 0.5) is 0 Å². The number of fused-ring (bicyclic) bond motifs is 1. The van der Waals surface area contributed by atoms with E-state index in [1.54, 1.807) is 0 Å². The molecular formula is C13H23NO2. The number of ether oxygens (including phenoxy) is 1. The summed E-state index contributed by atoms with van der Waals surface area (Å²) in [5.74, 6) is -0.00176. The number of esters is 1. The van der Waals surface area contributed by atoms with Crippen molar-refractivity contribution in [2.24, 2.45) is 5.41 Å². The van der Waals surface area contributed by atoms with Gasteiger partial charge in [-0.2, -0.15) is 0 Å². The van der Waals surface area contributed by atoms with Gasteiger partial charge in [-0.05, 0) is 44.6 Å². The molecular weight excluding hydrogens is 202 g/mol. The summed E-state index contributed by atoms with van der Waals surface area (Å²) < 4.78 is 5.12. The molecule has 0 radical (unpaired) electrons. The normalized spacial score (nSPS) is 34.2. The highest BCUT2D eigenvalue weighted by Crippen LogP contribution is 2.45. The van der Waals surface area contributed by atoms with Crippen LogP contribution in [0.2, 0.25) is 0 Å². The van der Waals surface area contributed by atoms with Crippen LogP contribution in [0.15, 0.2) is 0 Å². The van der Waals surface area contributed by atoms with Crippen LogP contribution in [0.5, 0.6) is 0 Å². The number of piperidine rings is 1. The smallest absolute Gasteiger partial charge is 0.306 e. The molecule has 0 spiro atoms. The van der Waals surface area contributed by atoms with E-state index in [4.69, 9.17) is 4.74 Å². The predicted molar refractivity (Wildman–Crippen MR) is 63.2 cm³/mol. The summed E-state index contributed by atoms with van der Waals surface area (Å²) in [6, 6.07) is 0.555. The summed E-state index contributed by atoms with van der Waals surface area (Å²) in [5, 5.41) is 3.60. The average Bonchev–Trinajstić information content (AvgIpc) is 2.29. The van der Waals surface area contributed by atoms with Gasteiger partial charge in [-0.15, -0.1) is 0 Å². The van der Waals surface area contributed by atoms with Crippen molar-refractivity contribution in [3.63, 3.8) is 0 Å². The Morgan fingerprint density at radius 3 is 3.00 bits per heavy atom. The van der Waals surface area contributed by atoms with Gasteiger partial charge in [0.05, 0.1) is 13.0 Å². The summed E-state index contributed by atoms with van der Waals surface area (Å²) in [5.41, 5.74) is 0.211. The highest BCUT2D eigenvalue weighted by Gasteiger charge is 2.43. The fraction of sp³-hybridized carbons (Fsp3) is 0.923. The lowest BCUT2D eigenvalue weighted by atomic mass is 9.64. The van der Waals surface area contributed by atoms with Gasteiger partial charge in [-0.3, -0.25) is 4.79 Å². The highest BCUT2D eigenvalue weighted by molar-refractivity contribution is 5.70. The van der Waals surface area contributed by atoms with Crippen LogP contribution in [0.25, 0.3) is 0 Å². The van der Waals surface area contributed by atoms with Crippen LogP contribution < -0.4 is 5.32 Å². The molecule has 1 saturated carbocycles. The Balaban J connectivity index is 2.02. The van der Waals surface area contributed by atoms with E-state index < -0.39 is 0 Å². The average molecular weight is 225 g/mol. The third-order valence-electron chi connectivity index (χ3n) is 4.20. The topological polar surface area (TPSA) is 38.3 Å². The van der Waals surface area contributed by atoms with Gasteiger partial charge >= 0.3 is 5.97 Å². The fourth-order valence-electron chi connectivity index (χ4n) is 3.44. The predicted octanol–water partition coefficient (Wildman–Crippen LogP) is 2.25. The Morgan fingerprint density at radius 1 is 1.38 bits per heavy atom. The Labute approximate surface area is 97.9 Å². The van der Waals surface area contributed by atoms with Crippen molar-refractivity contribution in [2.45, 2.75) is 57.9 Å². The van der Waals surface area contributed by atoms with Gasteiger partial charge in [-0.25, -0.2) is 0 Å². The van der Waals surface area contributed by atoms with E-state index in [-0.39, 0.29) is 11.4 Å². The fourth-order valence-corrected chi connectivity index (χ4v) is 3.44. The van der Waals surface area contributed by atoms with Gasteiger partial charge in [0.15, 0.2) is 0 Å². The van der Waals surface area contributed by atoms with E-state index in [0.717, 1.165) is 6.54 Å². The minimum absolute atomic E-state index is 0.00176. The number of nitrogens with one attached hydrogen (secondary N) is 1. The molecule has 2 fully saturated rings. The monoisotopic (exact) mass is 225 g/mol. The number of hydrogen-bond acceptors (Lipinski definition) is 3. The molecule has 2 rings (SSSR count). The molecule has 2 aliphatic rings. The van der Waals surface area contributed by atoms with E-state index in [1.807, 2.05) is 6.92 Å². The van der Waals surface area contributed by atoms with Crippen molar-refractivity contribution in [3.05, 3.63) is 0 Å². The summed E-state index contributed by atoms with van der Waals surface area (Å²) in [6.45, 7) is 3.51. The Hall–Kier alpha value is -0.570. The zero-order valence-electron chi connectivity index (χ0n) is 10.3. The molecule has 0 aromatic carbocycles. The van der Waals surface area contributed by atoms with Crippen LogP contribution in [-0.2, 0) is 9.53 Å². The Bertz CT molecular complexity index is 240.